The predicted molar refractivity (Wildman–Crippen MR) is 128 cm³/mol. The molecule has 1 amide bonds. The van der Waals surface area contributed by atoms with Crippen LogP contribution in [0.5, 0.6) is 5.75 Å². The summed E-state index contributed by atoms with van der Waals surface area (Å²) in [5.74, 6) is 0.699. The molecule has 1 fully saturated rings. The normalized spacial score (nSPS) is 16.8. The number of amides is 1. The fourth-order valence-corrected chi connectivity index (χ4v) is 4.39. The molecule has 1 aliphatic rings. The van der Waals surface area contributed by atoms with Crippen LogP contribution in [0.4, 0.5) is 0 Å². The Balaban J connectivity index is 1.32. The molecule has 0 radical (unpaired) electrons. The number of piperazine rings is 1. The van der Waals surface area contributed by atoms with Crippen molar-refractivity contribution in [2.45, 2.75) is 19.6 Å². The topological polar surface area (TPSA) is 50.1 Å². The number of imidazole rings is 1. The van der Waals surface area contributed by atoms with Gasteiger partial charge in [-0.15, -0.1) is 0 Å². The largest absolute Gasteiger partial charge is 0.487 e. The zero-order valence-electron chi connectivity index (χ0n) is 19.0. The molecule has 3 heterocycles. The van der Waals surface area contributed by atoms with Crippen molar-refractivity contribution in [1.29, 1.82) is 0 Å². The Labute approximate surface area is 194 Å². The number of aromatic nitrogens is 2. The number of hydrogen-bond donors (Lipinski definition) is 0. The minimum atomic E-state index is 0.0310. The van der Waals surface area contributed by atoms with Crippen molar-refractivity contribution in [1.82, 2.24) is 19.2 Å². The number of aryl methyl sites for hydroxylation is 1. The van der Waals surface area contributed by atoms with E-state index in [0.29, 0.717) is 24.5 Å². The maximum absolute atomic E-state index is 13.5. The van der Waals surface area contributed by atoms with Gasteiger partial charge in [0.05, 0.1) is 11.7 Å². The first-order valence-electron chi connectivity index (χ1n) is 11.3. The zero-order valence-corrected chi connectivity index (χ0v) is 19.0. The van der Waals surface area contributed by atoms with E-state index in [1.807, 2.05) is 76.3 Å². The van der Waals surface area contributed by atoms with Crippen LogP contribution in [0, 0.1) is 6.92 Å². The van der Waals surface area contributed by atoms with E-state index in [-0.39, 0.29) is 11.9 Å². The second-order valence-corrected chi connectivity index (χ2v) is 8.71. The SMILES string of the molecule is Cc1ccc2nc(COc3cccc(C(=O)N4CCN(C)CC4c4ccccc4)c3)cn2c1. The second-order valence-electron chi connectivity index (χ2n) is 8.71. The first kappa shape index (κ1) is 21.2. The highest BCUT2D eigenvalue weighted by atomic mass is 16.5. The molecule has 0 saturated carbocycles. The lowest BCUT2D eigenvalue weighted by molar-refractivity contribution is 0.0497. The van der Waals surface area contributed by atoms with Crippen LogP contribution >= 0.6 is 0 Å². The lowest BCUT2D eigenvalue weighted by Gasteiger charge is -2.40. The lowest BCUT2D eigenvalue weighted by Crippen LogP contribution is -2.49. The number of ether oxygens (including phenoxy) is 1. The van der Waals surface area contributed by atoms with E-state index in [2.05, 4.69) is 36.0 Å². The van der Waals surface area contributed by atoms with Crippen LogP contribution in [-0.2, 0) is 6.61 Å². The van der Waals surface area contributed by atoms with Gasteiger partial charge in [-0.1, -0.05) is 42.5 Å². The number of benzene rings is 2. The molecule has 1 unspecified atom stereocenters. The molecule has 168 valence electrons. The van der Waals surface area contributed by atoms with Gasteiger partial charge >= 0.3 is 0 Å². The summed E-state index contributed by atoms with van der Waals surface area (Å²) in [7, 11) is 2.10. The highest BCUT2D eigenvalue weighted by Crippen LogP contribution is 2.27. The van der Waals surface area contributed by atoms with Crippen molar-refractivity contribution < 1.29 is 9.53 Å². The summed E-state index contributed by atoms with van der Waals surface area (Å²) >= 11 is 0. The molecule has 1 atom stereocenters. The van der Waals surface area contributed by atoms with Gasteiger partial charge in [0.1, 0.15) is 18.0 Å². The second kappa shape index (κ2) is 9.08. The standard InChI is InChI=1S/C27H28N4O2/c1-20-11-12-26-28-23(17-30(26)16-20)19-33-24-10-6-9-22(15-24)27(32)31-14-13-29(2)18-25(31)21-7-4-3-5-8-21/h3-12,15-17,25H,13-14,18-19H2,1-2H3. The van der Waals surface area contributed by atoms with E-state index >= 15 is 0 Å². The van der Waals surface area contributed by atoms with Gasteiger partial charge in [-0.05, 0) is 49.4 Å². The maximum atomic E-state index is 13.5. The van der Waals surface area contributed by atoms with Crippen LogP contribution in [0.15, 0.2) is 79.1 Å². The van der Waals surface area contributed by atoms with Crippen molar-refractivity contribution in [2.75, 3.05) is 26.7 Å². The molecule has 4 aromatic rings. The smallest absolute Gasteiger partial charge is 0.254 e. The van der Waals surface area contributed by atoms with Gasteiger partial charge in [-0.3, -0.25) is 4.79 Å². The molecule has 6 nitrogen and oxygen atoms in total. The molecular formula is C27H28N4O2. The minimum absolute atomic E-state index is 0.0310. The molecule has 1 aliphatic heterocycles. The average Bonchev–Trinajstić information content (AvgIpc) is 3.25. The number of rotatable bonds is 5. The highest BCUT2D eigenvalue weighted by molar-refractivity contribution is 5.95. The zero-order chi connectivity index (χ0) is 22.8. The van der Waals surface area contributed by atoms with Crippen LogP contribution < -0.4 is 4.74 Å². The Kier molecular flexibility index (Phi) is 5.84. The van der Waals surface area contributed by atoms with Crippen LogP contribution in [0.2, 0.25) is 0 Å². The molecule has 0 bridgehead atoms. The number of likely N-dealkylation sites (N-methyl/N-ethyl adjacent to an activating group) is 1. The molecule has 2 aromatic carbocycles. The third-order valence-corrected chi connectivity index (χ3v) is 6.15. The number of pyridine rings is 1. The predicted octanol–water partition coefficient (Wildman–Crippen LogP) is 4.35. The van der Waals surface area contributed by atoms with E-state index in [4.69, 9.17) is 4.74 Å². The van der Waals surface area contributed by atoms with Gasteiger partial charge in [0.2, 0.25) is 0 Å². The molecule has 0 aliphatic carbocycles. The van der Waals surface area contributed by atoms with Gasteiger partial charge in [0.25, 0.3) is 5.91 Å². The van der Waals surface area contributed by atoms with Crippen molar-refractivity contribution in [3.8, 4) is 5.75 Å². The summed E-state index contributed by atoms with van der Waals surface area (Å²) in [4.78, 5) is 22.4. The third kappa shape index (κ3) is 4.61. The third-order valence-electron chi connectivity index (χ3n) is 6.15. The first-order valence-corrected chi connectivity index (χ1v) is 11.3. The average molecular weight is 441 g/mol. The quantitative estimate of drug-likeness (QED) is 0.463. The van der Waals surface area contributed by atoms with Crippen molar-refractivity contribution in [2.24, 2.45) is 0 Å². The summed E-state index contributed by atoms with van der Waals surface area (Å²) in [5, 5.41) is 0. The van der Waals surface area contributed by atoms with Crippen LogP contribution in [-0.4, -0.2) is 51.8 Å². The number of hydrogen-bond acceptors (Lipinski definition) is 4. The summed E-state index contributed by atoms with van der Waals surface area (Å²) in [6.07, 6.45) is 4.02. The van der Waals surface area contributed by atoms with Gasteiger partial charge < -0.3 is 18.9 Å². The maximum Gasteiger partial charge on any atom is 0.254 e. The summed E-state index contributed by atoms with van der Waals surface area (Å²) in [6, 6.07) is 21.8. The highest BCUT2D eigenvalue weighted by Gasteiger charge is 2.30. The van der Waals surface area contributed by atoms with Gasteiger partial charge in [-0.2, -0.15) is 0 Å². The Morgan fingerprint density at radius 1 is 1.03 bits per heavy atom. The first-order chi connectivity index (χ1) is 16.1. The molecule has 1 saturated heterocycles. The Hall–Kier alpha value is -3.64. The van der Waals surface area contributed by atoms with E-state index in [1.165, 1.54) is 5.56 Å². The number of nitrogens with zero attached hydrogens (tertiary/aromatic N) is 4. The number of carbonyl (C=O) groups excluding carboxylic acids is 1. The molecule has 0 N–H and O–H groups in total. The molecule has 6 heteroatoms. The number of fused-ring (bicyclic) bond motifs is 1. The molecule has 33 heavy (non-hydrogen) atoms. The van der Waals surface area contributed by atoms with Gasteiger partial charge in [0.15, 0.2) is 0 Å². The Morgan fingerprint density at radius 2 is 1.88 bits per heavy atom. The van der Waals surface area contributed by atoms with E-state index in [0.717, 1.165) is 30.0 Å². The van der Waals surface area contributed by atoms with Crippen molar-refractivity contribution in [3.63, 3.8) is 0 Å². The lowest BCUT2D eigenvalue weighted by atomic mass is 10.0. The van der Waals surface area contributed by atoms with Gasteiger partial charge in [0, 0.05) is 37.6 Å². The van der Waals surface area contributed by atoms with E-state index in [1.54, 1.807) is 0 Å². The minimum Gasteiger partial charge on any atom is -0.487 e. The fraction of sp³-hybridized carbons (Fsp3) is 0.259. The van der Waals surface area contributed by atoms with Crippen LogP contribution in [0.3, 0.4) is 0 Å². The number of carbonyl (C=O) groups is 1. The van der Waals surface area contributed by atoms with E-state index < -0.39 is 0 Å². The van der Waals surface area contributed by atoms with Gasteiger partial charge in [-0.25, -0.2) is 4.98 Å². The molecule has 2 aromatic heterocycles. The molecule has 5 rings (SSSR count). The monoisotopic (exact) mass is 440 g/mol. The molecular weight excluding hydrogens is 412 g/mol. The summed E-state index contributed by atoms with van der Waals surface area (Å²) in [5.41, 5.74) is 4.72. The van der Waals surface area contributed by atoms with Crippen LogP contribution in [0.1, 0.15) is 33.2 Å². The van der Waals surface area contributed by atoms with Crippen LogP contribution in [0.25, 0.3) is 5.65 Å². The fourth-order valence-electron chi connectivity index (χ4n) is 4.39. The van der Waals surface area contributed by atoms with E-state index in [9.17, 15) is 4.79 Å². The Morgan fingerprint density at radius 3 is 2.73 bits per heavy atom. The van der Waals surface area contributed by atoms with Crippen molar-refractivity contribution >= 4 is 11.6 Å². The Bertz CT molecular complexity index is 1270. The summed E-state index contributed by atoms with van der Waals surface area (Å²) < 4.78 is 8.01. The summed E-state index contributed by atoms with van der Waals surface area (Å²) in [6.45, 7) is 4.78. The van der Waals surface area contributed by atoms with Crippen molar-refractivity contribution in [3.05, 3.63) is 102 Å². The molecule has 0 spiro atoms.